The fourth-order valence-electron chi connectivity index (χ4n) is 3.28. The number of hydrogen-bond acceptors (Lipinski definition) is 5. The summed E-state index contributed by atoms with van der Waals surface area (Å²) in [6, 6.07) is 4.37. The van der Waals surface area contributed by atoms with Crippen LogP contribution in [0.3, 0.4) is 0 Å². The van der Waals surface area contributed by atoms with E-state index in [4.69, 9.17) is 0 Å². The number of thiophene rings is 1. The summed E-state index contributed by atoms with van der Waals surface area (Å²) in [5, 5.41) is 3.46. The minimum atomic E-state index is -0.0900. The third-order valence-corrected chi connectivity index (χ3v) is 5.73. The van der Waals surface area contributed by atoms with E-state index >= 15 is 0 Å². The van der Waals surface area contributed by atoms with Gasteiger partial charge in [-0.3, -0.25) is 9.59 Å². The quantitative estimate of drug-likeness (QED) is 0.874. The van der Waals surface area contributed by atoms with E-state index in [0.717, 1.165) is 17.8 Å². The predicted molar refractivity (Wildman–Crippen MR) is 87.6 cm³/mol. The average Bonchev–Trinajstić information content (AvgIpc) is 3.25. The number of rotatable bonds is 2. The van der Waals surface area contributed by atoms with Crippen LogP contribution in [-0.4, -0.2) is 33.9 Å². The lowest BCUT2D eigenvalue weighted by Gasteiger charge is -2.27. The van der Waals surface area contributed by atoms with Gasteiger partial charge in [-0.1, -0.05) is 0 Å². The molecule has 1 fully saturated rings. The summed E-state index contributed by atoms with van der Waals surface area (Å²) < 4.78 is 0. The first-order valence-electron chi connectivity index (χ1n) is 7.90. The maximum Gasteiger partial charge on any atom is 0.264 e. The van der Waals surface area contributed by atoms with Crippen LogP contribution in [0.5, 0.6) is 0 Å². The summed E-state index contributed by atoms with van der Waals surface area (Å²) in [5.74, 6) is 0.0342. The molecule has 1 saturated heterocycles. The molecule has 0 bridgehead atoms. The third-order valence-electron chi connectivity index (χ3n) is 4.54. The molecule has 4 rings (SSSR count). The molecular weight excluding hydrogens is 312 g/mol. The topological polar surface area (TPSA) is 78.1 Å². The zero-order valence-corrected chi connectivity index (χ0v) is 13.5. The molecule has 0 radical (unpaired) electrons. The second kappa shape index (κ2) is 5.90. The van der Waals surface area contributed by atoms with Gasteiger partial charge < -0.3 is 15.2 Å². The molecule has 1 atom stereocenters. The van der Waals surface area contributed by atoms with Crippen molar-refractivity contribution >= 4 is 17.2 Å². The Kier molecular flexibility index (Phi) is 3.74. The first kappa shape index (κ1) is 14.6. The lowest BCUT2D eigenvalue weighted by atomic mass is 10.1. The fourth-order valence-corrected chi connectivity index (χ4v) is 4.36. The minimum Gasteiger partial charge on any atom is -0.332 e. The highest BCUT2D eigenvalue weighted by molar-refractivity contribution is 7.14. The fraction of sp³-hybridized carbons (Fsp3) is 0.438. The van der Waals surface area contributed by atoms with Crippen LogP contribution in [0.25, 0.3) is 0 Å². The lowest BCUT2D eigenvalue weighted by Crippen LogP contribution is -2.38. The zero-order valence-electron chi connectivity index (χ0n) is 12.7. The molecule has 6 nitrogen and oxygen atoms in total. The van der Waals surface area contributed by atoms with Crippen LogP contribution in [0.1, 0.15) is 44.7 Å². The van der Waals surface area contributed by atoms with Crippen molar-refractivity contribution in [3.63, 3.8) is 0 Å². The van der Waals surface area contributed by atoms with Crippen molar-refractivity contribution in [2.24, 2.45) is 0 Å². The molecule has 0 saturated carbocycles. The van der Waals surface area contributed by atoms with E-state index in [1.807, 2.05) is 6.07 Å². The van der Waals surface area contributed by atoms with Crippen LogP contribution in [-0.2, 0) is 13.0 Å². The van der Waals surface area contributed by atoms with Gasteiger partial charge in [0.15, 0.2) is 0 Å². The largest absolute Gasteiger partial charge is 0.332 e. The van der Waals surface area contributed by atoms with Gasteiger partial charge in [0.25, 0.3) is 11.5 Å². The van der Waals surface area contributed by atoms with Gasteiger partial charge in [-0.05, 0) is 37.9 Å². The van der Waals surface area contributed by atoms with Gasteiger partial charge in [-0.15, -0.1) is 11.3 Å². The molecule has 7 heteroatoms. The van der Waals surface area contributed by atoms with E-state index in [1.54, 1.807) is 16.2 Å². The molecule has 0 aliphatic carbocycles. The van der Waals surface area contributed by atoms with Crippen LogP contribution in [0.15, 0.2) is 23.3 Å². The van der Waals surface area contributed by atoms with Crippen LogP contribution in [0.2, 0.25) is 0 Å². The molecule has 0 spiro atoms. The normalized spacial score (nSPS) is 20.5. The molecule has 4 heterocycles. The number of aromatic amines is 1. The Labute approximate surface area is 137 Å². The smallest absolute Gasteiger partial charge is 0.264 e. The summed E-state index contributed by atoms with van der Waals surface area (Å²) >= 11 is 1.57. The van der Waals surface area contributed by atoms with Crippen molar-refractivity contribution in [2.45, 2.75) is 31.8 Å². The van der Waals surface area contributed by atoms with Crippen molar-refractivity contribution in [2.75, 3.05) is 13.1 Å². The summed E-state index contributed by atoms with van der Waals surface area (Å²) in [7, 11) is 0. The number of aromatic nitrogens is 2. The van der Waals surface area contributed by atoms with E-state index in [1.165, 1.54) is 17.6 Å². The number of amides is 1. The highest BCUT2D eigenvalue weighted by atomic mass is 32.1. The summed E-state index contributed by atoms with van der Waals surface area (Å²) in [5.41, 5.74) is 1.33. The predicted octanol–water partition coefficient (Wildman–Crippen LogP) is 1.45. The monoisotopic (exact) mass is 330 g/mol. The number of nitrogens with one attached hydrogen (secondary N) is 2. The highest BCUT2D eigenvalue weighted by Gasteiger charge is 2.26. The maximum absolute atomic E-state index is 12.7. The van der Waals surface area contributed by atoms with Crippen LogP contribution < -0.4 is 10.9 Å². The van der Waals surface area contributed by atoms with E-state index < -0.39 is 0 Å². The molecule has 23 heavy (non-hydrogen) atoms. The summed E-state index contributed by atoms with van der Waals surface area (Å²) in [6.07, 6.45) is 4.30. The van der Waals surface area contributed by atoms with E-state index in [0.29, 0.717) is 36.8 Å². The number of H-pyrrole nitrogens is 1. The Morgan fingerprint density at radius 3 is 3.13 bits per heavy atom. The van der Waals surface area contributed by atoms with Gasteiger partial charge in [0.2, 0.25) is 0 Å². The van der Waals surface area contributed by atoms with Crippen molar-refractivity contribution in [3.8, 4) is 0 Å². The Morgan fingerprint density at radius 2 is 2.30 bits per heavy atom. The molecule has 2 N–H and O–H groups in total. The first-order valence-corrected chi connectivity index (χ1v) is 8.72. The maximum atomic E-state index is 12.7. The van der Waals surface area contributed by atoms with Crippen molar-refractivity contribution in [1.29, 1.82) is 0 Å². The van der Waals surface area contributed by atoms with Gasteiger partial charge in [0, 0.05) is 23.0 Å². The van der Waals surface area contributed by atoms with Gasteiger partial charge in [0.1, 0.15) is 0 Å². The van der Waals surface area contributed by atoms with Crippen molar-refractivity contribution in [3.05, 3.63) is 49.8 Å². The van der Waals surface area contributed by atoms with Crippen LogP contribution >= 0.6 is 11.3 Å². The number of fused-ring (bicyclic) bond motifs is 1. The third kappa shape index (κ3) is 2.70. The Balaban J connectivity index is 1.52. The molecule has 2 aromatic rings. The van der Waals surface area contributed by atoms with Crippen molar-refractivity contribution < 1.29 is 4.79 Å². The number of carbonyl (C=O) groups is 1. The Morgan fingerprint density at radius 1 is 1.39 bits per heavy atom. The second-order valence-corrected chi connectivity index (χ2v) is 7.10. The summed E-state index contributed by atoms with van der Waals surface area (Å²) in [6.45, 7) is 2.03. The second-order valence-electron chi connectivity index (χ2n) is 5.98. The van der Waals surface area contributed by atoms with E-state index in [2.05, 4.69) is 21.4 Å². The molecule has 1 amide bonds. The van der Waals surface area contributed by atoms with Crippen LogP contribution in [0.4, 0.5) is 0 Å². The molecule has 2 aliphatic rings. The zero-order chi connectivity index (χ0) is 15.8. The Hall–Kier alpha value is -1.99. The molecule has 0 aromatic carbocycles. The van der Waals surface area contributed by atoms with Crippen molar-refractivity contribution in [1.82, 2.24) is 20.2 Å². The minimum absolute atomic E-state index is 0.0342. The van der Waals surface area contributed by atoms with E-state index in [-0.39, 0.29) is 11.5 Å². The van der Waals surface area contributed by atoms with Crippen LogP contribution in [0, 0.1) is 0 Å². The van der Waals surface area contributed by atoms with E-state index in [9.17, 15) is 9.59 Å². The Bertz CT molecular complexity index is 791. The first-order chi connectivity index (χ1) is 11.2. The molecule has 0 unspecified atom stereocenters. The highest BCUT2D eigenvalue weighted by Crippen LogP contribution is 2.30. The van der Waals surface area contributed by atoms with Gasteiger partial charge in [-0.25, -0.2) is 4.98 Å². The molecular formula is C16H18N4O2S. The number of carbonyl (C=O) groups excluding carboxylic acids is 1. The van der Waals surface area contributed by atoms with Gasteiger partial charge in [0.05, 0.1) is 23.4 Å². The number of hydrogen-bond donors (Lipinski definition) is 2. The molecule has 120 valence electrons. The number of nitrogens with zero attached hydrogens (tertiary/aromatic N) is 2. The molecule has 2 aromatic heterocycles. The standard InChI is InChI=1S/C16H18N4O2S/c21-15-10-5-7-20(8-12(10)18-9-19-15)16(22)14-4-3-13(23-14)11-2-1-6-17-11/h3-4,9,11,17H,1-2,5-8H2,(H,18,19,21)/t11-/m1/s1. The summed E-state index contributed by atoms with van der Waals surface area (Å²) in [4.78, 5) is 35.1. The lowest BCUT2D eigenvalue weighted by molar-refractivity contribution is 0.0736. The average molecular weight is 330 g/mol. The van der Waals surface area contributed by atoms with Gasteiger partial charge in [-0.2, -0.15) is 0 Å². The SMILES string of the molecule is O=C(c1ccc([C@H]2CCCN2)s1)N1CCc2c(nc[nH]c2=O)C1. The van der Waals surface area contributed by atoms with Gasteiger partial charge >= 0.3 is 0 Å². The molecule has 2 aliphatic heterocycles.